The van der Waals surface area contributed by atoms with Gasteiger partial charge in [0.15, 0.2) is 0 Å². The maximum Gasteiger partial charge on any atom is 0.261 e. The predicted molar refractivity (Wildman–Crippen MR) is 122 cm³/mol. The van der Waals surface area contributed by atoms with Gasteiger partial charge in [0.1, 0.15) is 10.8 Å². The second kappa shape index (κ2) is 7.50. The van der Waals surface area contributed by atoms with Crippen LogP contribution in [-0.4, -0.2) is 19.6 Å². The number of halogens is 1. The largest absolute Gasteiger partial charge is 0.398 e. The maximum atomic E-state index is 13.2. The van der Waals surface area contributed by atoms with Crippen LogP contribution < -0.4 is 11.3 Å². The molecule has 0 radical (unpaired) electrons. The van der Waals surface area contributed by atoms with E-state index in [9.17, 15) is 9.90 Å². The van der Waals surface area contributed by atoms with E-state index < -0.39 is 5.60 Å². The normalized spacial score (nSPS) is 11.9. The van der Waals surface area contributed by atoms with Crippen molar-refractivity contribution in [1.29, 1.82) is 0 Å². The summed E-state index contributed by atoms with van der Waals surface area (Å²) in [5, 5.41) is 12.0. The van der Waals surface area contributed by atoms with Crippen molar-refractivity contribution in [2.24, 2.45) is 0 Å². The predicted octanol–water partition coefficient (Wildman–Crippen LogP) is 4.34. The highest BCUT2D eigenvalue weighted by Gasteiger charge is 2.21. The van der Waals surface area contributed by atoms with Gasteiger partial charge in [-0.2, -0.15) is 0 Å². The zero-order chi connectivity index (χ0) is 21.6. The van der Waals surface area contributed by atoms with Crippen molar-refractivity contribution in [3.05, 3.63) is 74.2 Å². The smallest absolute Gasteiger partial charge is 0.261 e. The van der Waals surface area contributed by atoms with Crippen LogP contribution in [0.2, 0.25) is 5.02 Å². The average molecular weight is 441 g/mol. The minimum atomic E-state index is -0.980. The molecule has 0 saturated heterocycles. The topological polar surface area (TPSA) is 94.0 Å². The highest BCUT2D eigenvalue weighted by atomic mass is 35.5. The van der Waals surface area contributed by atoms with E-state index >= 15 is 0 Å². The number of aryl methyl sites for hydroxylation is 1. The number of aromatic nitrogens is 3. The Morgan fingerprint density at radius 1 is 1.23 bits per heavy atom. The fraction of sp³-hybridized carbons (Fsp3) is 0.227. The molecule has 0 aliphatic rings. The molecule has 0 bridgehead atoms. The Labute approximate surface area is 182 Å². The molecular formula is C22H21ClN4O2S. The molecule has 0 atom stereocenters. The zero-order valence-electron chi connectivity index (χ0n) is 16.8. The first kappa shape index (κ1) is 20.5. The third-order valence-electron chi connectivity index (χ3n) is 4.91. The summed E-state index contributed by atoms with van der Waals surface area (Å²) in [6, 6.07) is 10.8. The second-order valence-corrected chi connectivity index (χ2v) is 9.19. The Kier molecular flexibility index (Phi) is 5.13. The fourth-order valence-corrected chi connectivity index (χ4v) is 4.30. The summed E-state index contributed by atoms with van der Waals surface area (Å²) < 4.78 is 1.63. The van der Waals surface area contributed by atoms with Crippen LogP contribution in [0.25, 0.3) is 21.5 Å². The summed E-state index contributed by atoms with van der Waals surface area (Å²) in [4.78, 5) is 22.9. The third-order valence-corrected chi connectivity index (χ3v) is 6.50. The van der Waals surface area contributed by atoms with Crippen molar-refractivity contribution in [3.63, 3.8) is 0 Å². The number of hydrogen-bond donors (Lipinski definition) is 2. The number of thiazole rings is 1. The lowest BCUT2D eigenvalue weighted by molar-refractivity contribution is 0.0823. The van der Waals surface area contributed by atoms with Crippen LogP contribution in [0.15, 0.2) is 47.4 Å². The van der Waals surface area contributed by atoms with E-state index in [4.69, 9.17) is 17.3 Å². The minimum absolute atomic E-state index is 0.151. The van der Waals surface area contributed by atoms with Gasteiger partial charge in [0.25, 0.3) is 5.56 Å². The van der Waals surface area contributed by atoms with Gasteiger partial charge in [-0.05, 0) is 50.6 Å². The molecule has 0 aliphatic carbocycles. The van der Waals surface area contributed by atoms with E-state index in [1.807, 2.05) is 19.1 Å². The van der Waals surface area contributed by atoms with Crippen molar-refractivity contribution in [1.82, 2.24) is 14.5 Å². The van der Waals surface area contributed by atoms with E-state index in [0.717, 1.165) is 10.4 Å². The molecule has 3 N–H and O–H groups in total. The molecule has 30 heavy (non-hydrogen) atoms. The molecule has 2 heterocycles. The van der Waals surface area contributed by atoms with Crippen LogP contribution in [0.1, 0.15) is 30.1 Å². The van der Waals surface area contributed by atoms with E-state index in [2.05, 4.69) is 9.97 Å². The lowest BCUT2D eigenvalue weighted by atomic mass is 10.1. The van der Waals surface area contributed by atoms with Crippen molar-refractivity contribution < 1.29 is 5.11 Å². The second-order valence-electron chi connectivity index (χ2n) is 7.72. The zero-order valence-corrected chi connectivity index (χ0v) is 18.4. The van der Waals surface area contributed by atoms with Crippen LogP contribution in [-0.2, 0) is 12.1 Å². The molecule has 0 saturated carbocycles. The molecular weight excluding hydrogens is 420 g/mol. The van der Waals surface area contributed by atoms with Crippen LogP contribution in [0.4, 0.5) is 5.69 Å². The lowest BCUT2D eigenvalue weighted by Crippen LogP contribution is -2.24. The number of nitrogen functional groups attached to an aromatic ring is 1. The van der Waals surface area contributed by atoms with Gasteiger partial charge in [0.05, 0.1) is 27.9 Å². The molecule has 154 valence electrons. The SMILES string of the molecule is Cc1nc2cc(-c3ncc(C(C)(C)O)s3)c(N)cc2c(=O)n1Cc1ccc(Cl)cc1. The van der Waals surface area contributed by atoms with Crippen LogP contribution in [0.5, 0.6) is 0 Å². The molecule has 0 spiro atoms. The third kappa shape index (κ3) is 3.84. The monoisotopic (exact) mass is 440 g/mol. The van der Waals surface area contributed by atoms with Gasteiger partial charge < -0.3 is 10.8 Å². The summed E-state index contributed by atoms with van der Waals surface area (Å²) >= 11 is 7.32. The number of benzene rings is 2. The van der Waals surface area contributed by atoms with Gasteiger partial charge >= 0.3 is 0 Å². The number of nitrogens with zero attached hydrogens (tertiary/aromatic N) is 3. The summed E-state index contributed by atoms with van der Waals surface area (Å²) in [6.07, 6.45) is 1.65. The molecule has 6 nitrogen and oxygen atoms in total. The Bertz CT molecular complexity index is 1300. The van der Waals surface area contributed by atoms with E-state index in [0.29, 0.717) is 44.6 Å². The number of anilines is 1. The Hall–Kier alpha value is -2.74. The van der Waals surface area contributed by atoms with Crippen molar-refractivity contribution in [3.8, 4) is 10.6 Å². The Morgan fingerprint density at radius 2 is 1.93 bits per heavy atom. The minimum Gasteiger partial charge on any atom is -0.398 e. The highest BCUT2D eigenvalue weighted by molar-refractivity contribution is 7.15. The molecule has 0 fully saturated rings. The van der Waals surface area contributed by atoms with Crippen molar-refractivity contribution >= 4 is 39.5 Å². The molecule has 4 aromatic rings. The van der Waals surface area contributed by atoms with Crippen LogP contribution in [0, 0.1) is 6.92 Å². The first-order valence-electron chi connectivity index (χ1n) is 9.37. The lowest BCUT2D eigenvalue weighted by Gasteiger charge is -2.13. The standard InChI is InChI=1S/C22H21ClN4O2S/c1-12-26-18-9-15(20-25-10-19(30-20)22(2,3)29)17(24)8-16(18)21(28)27(12)11-13-4-6-14(23)7-5-13/h4-10,29H,11,24H2,1-3H3. The van der Waals surface area contributed by atoms with E-state index in [1.54, 1.807) is 48.9 Å². The maximum absolute atomic E-state index is 13.2. The van der Waals surface area contributed by atoms with Crippen LogP contribution in [0.3, 0.4) is 0 Å². The molecule has 2 aromatic heterocycles. The van der Waals surface area contributed by atoms with E-state index in [1.165, 1.54) is 11.3 Å². The average Bonchev–Trinajstić information content (AvgIpc) is 3.17. The number of nitrogens with two attached hydrogens (primary N) is 1. The van der Waals surface area contributed by atoms with Crippen molar-refractivity contribution in [2.75, 3.05) is 5.73 Å². The first-order valence-corrected chi connectivity index (χ1v) is 10.6. The van der Waals surface area contributed by atoms with Crippen LogP contribution >= 0.6 is 22.9 Å². The number of fused-ring (bicyclic) bond motifs is 1. The van der Waals surface area contributed by atoms with Gasteiger partial charge in [0, 0.05) is 22.5 Å². The highest BCUT2D eigenvalue weighted by Crippen LogP contribution is 2.35. The van der Waals surface area contributed by atoms with Gasteiger partial charge in [0.2, 0.25) is 0 Å². The van der Waals surface area contributed by atoms with E-state index in [-0.39, 0.29) is 5.56 Å². The number of rotatable bonds is 4. The number of hydrogen-bond acceptors (Lipinski definition) is 6. The van der Waals surface area contributed by atoms with Gasteiger partial charge in [-0.25, -0.2) is 9.97 Å². The molecule has 4 rings (SSSR count). The quantitative estimate of drug-likeness (QED) is 0.460. The molecule has 2 aromatic carbocycles. The molecule has 0 amide bonds. The van der Waals surface area contributed by atoms with Crippen molar-refractivity contribution in [2.45, 2.75) is 32.9 Å². The first-order chi connectivity index (χ1) is 14.1. The Balaban J connectivity index is 1.80. The van der Waals surface area contributed by atoms with Gasteiger partial charge in [-0.15, -0.1) is 11.3 Å². The number of aliphatic hydroxyl groups is 1. The summed E-state index contributed by atoms with van der Waals surface area (Å²) in [5.41, 5.74) is 7.81. The molecule has 8 heteroatoms. The molecule has 0 unspecified atom stereocenters. The fourth-order valence-electron chi connectivity index (χ4n) is 3.22. The summed E-state index contributed by atoms with van der Waals surface area (Å²) in [6.45, 7) is 5.63. The molecule has 0 aliphatic heterocycles. The summed E-state index contributed by atoms with van der Waals surface area (Å²) in [5.74, 6) is 0.606. The Morgan fingerprint density at radius 3 is 2.57 bits per heavy atom. The summed E-state index contributed by atoms with van der Waals surface area (Å²) in [7, 11) is 0. The van der Waals surface area contributed by atoms with Gasteiger partial charge in [-0.1, -0.05) is 23.7 Å². The van der Waals surface area contributed by atoms with Gasteiger partial charge in [-0.3, -0.25) is 9.36 Å².